The van der Waals surface area contributed by atoms with E-state index in [0.717, 1.165) is 24.4 Å². The molecule has 0 aliphatic rings. The minimum absolute atomic E-state index is 1.03. The number of aryl methyl sites for hydroxylation is 2. The molecule has 0 aromatic carbocycles. The molecule has 0 atom stereocenters. The predicted octanol–water partition coefficient (Wildman–Crippen LogP) is 2.55. The molecule has 2 heteroatoms. The fourth-order valence-electron chi connectivity index (χ4n) is 1.34. The second-order valence-corrected chi connectivity index (χ2v) is 3.00. The molecule has 0 fully saturated rings. The van der Waals surface area contributed by atoms with Crippen LogP contribution in [0, 0.1) is 13.8 Å². The van der Waals surface area contributed by atoms with Crippen LogP contribution in [0.5, 0.6) is 0 Å². The Hall–Kier alpha value is -1.05. The highest BCUT2D eigenvalue weighted by Gasteiger charge is 2.06. The number of hydrogen-bond acceptors (Lipinski definition) is 1. The van der Waals surface area contributed by atoms with E-state index in [1.807, 2.05) is 13.1 Å². The van der Waals surface area contributed by atoms with Crippen LogP contribution in [0.4, 0.5) is 0 Å². The van der Waals surface area contributed by atoms with Crippen molar-refractivity contribution in [3.05, 3.63) is 23.8 Å². The first kappa shape index (κ1) is 9.04. The van der Waals surface area contributed by atoms with Crippen LogP contribution in [-0.2, 0) is 6.42 Å². The lowest BCUT2D eigenvalue weighted by atomic mass is 10.3. The van der Waals surface area contributed by atoms with E-state index in [1.165, 1.54) is 5.69 Å². The van der Waals surface area contributed by atoms with Gasteiger partial charge in [0.1, 0.15) is 5.82 Å². The van der Waals surface area contributed by atoms with Crippen molar-refractivity contribution >= 4 is 6.20 Å². The molecular formula is C10H16N2. The quantitative estimate of drug-likeness (QED) is 0.671. The van der Waals surface area contributed by atoms with Gasteiger partial charge in [-0.05, 0) is 20.3 Å². The molecule has 0 amide bonds. The summed E-state index contributed by atoms with van der Waals surface area (Å²) in [6.07, 6.45) is 3.99. The number of imidazole rings is 1. The smallest absolute Gasteiger partial charge is 0.113 e. The number of aromatic nitrogens is 2. The first-order valence-corrected chi connectivity index (χ1v) is 4.37. The molecule has 0 saturated carbocycles. The highest BCUT2D eigenvalue weighted by Crippen LogP contribution is 2.11. The molecule has 12 heavy (non-hydrogen) atoms. The largest absolute Gasteiger partial charge is 0.308 e. The van der Waals surface area contributed by atoms with E-state index in [2.05, 4.69) is 30.0 Å². The summed E-state index contributed by atoms with van der Waals surface area (Å²) in [7, 11) is 0. The van der Waals surface area contributed by atoms with Crippen LogP contribution in [0.3, 0.4) is 0 Å². The van der Waals surface area contributed by atoms with E-state index in [0.29, 0.717) is 0 Å². The van der Waals surface area contributed by atoms with Crippen LogP contribution in [0.25, 0.3) is 6.20 Å². The first-order valence-electron chi connectivity index (χ1n) is 4.37. The lowest BCUT2D eigenvalue weighted by molar-refractivity contribution is 0.818. The van der Waals surface area contributed by atoms with Crippen molar-refractivity contribution in [2.45, 2.75) is 33.6 Å². The van der Waals surface area contributed by atoms with Gasteiger partial charge in [-0.25, -0.2) is 4.98 Å². The molecule has 1 rings (SSSR count). The third-order valence-corrected chi connectivity index (χ3v) is 2.12. The summed E-state index contributed by atoms with van der Waals surface area (Å²) in [6.45, 7) is 10.0. The van der Waals surface area contributed by atoms with Crippen LogP contribution in [0.2, 0.25) is 0 Å². The first-order chi connectivity index (χ1) is 5.70. The van der Waals surface area contributed by atoms with Gasteiger partial charge in [0, 0.05) is 18.3 Å². The second kappa shape index (κ2) is 3.57. The zero-order chi connectivity index (χ0) is 9.14. The van der Waals surface area contributed by atoms with Gasteiger partial charge in [-0.3, -0.25) is 0 Å². The number of hydrogen-bond donors (Lipinski definition) is 0. The third-order valence-electron chi connectivity index (χ3n) is 2.12. The SMILES string of the molecule is C=Cn1c(CCC)nc(C)c1C. The van der Waals surface area contributed by atoms with Crippen molar-refractivity contribution in [1.29, 1.82) is 0 Å². The standard InChI is InChI=1S/C10H16N2/c1-5-7-10-11-8(3)9(4)12(10)6-2/h6H,2,5,7H2,1,3-4H3. The van der Waals surface area contributed by atoms with E-state index < -0.39 is 0 Å². The highest BCUT2D eigenvalue weighted by atomic mass is 15.1. The second-order valence-electron chi connectivity index (χ2n) is 3.00. The topological polar surface area (TPSA) is 17.8 Å². The van der Waals surface area contributed by atoms with Crippen LogP contribution in [-0.4, -0.2) is 9.55 Å². The molecule has 0 radical (unpaired) electrons. The van der Waals surface area contributed by atoms with E-state index >= 15 is 0 Å². The monoisotopic (exact) mass is 164 g/mol. The van der Waals surface area contributed by atoms with Crippen molar-refractivity contribution in [3.8, 4) is 0 Å². The lowest BCUT2D eigenvalue weighted by Gasteiger charge is -2.01. The molecule has 2 nitrogen and oxygen atoms in total. The molecule has 0 aliphatic heterocycles. The molecule has 1 heterocycles. The van der Waals surface area contributed by atoms with Gasteiger partial charge in [0.05, 0.1) is 5.69 Å². The Morgan fingerprint density at radius 1 is 1.50 bits per heavy atom. The Labute approximate surface area is 73.9 Å². The van der Waals surface area contributed by atoms with Crippen molar-refractivity contribution in [2.24, 2.45) is 0 Å². The summed E-state index contributed by atoms with van der Waals surface area (Å²) in [4.78, 5) is 4.46. The minimum Gasteiger partial charge on any atom is -0.308 e. The van der Waals surface area contributed by atoms with Crippen LogP contribution >= 0.6 is 0 Å². The Morgan fingerprint density at radius 3 is 2.67 bits per heavy atom. The van der Waals surface area contributed by atoms with Gasteiger partial charge < -0.3 is 4.57 Å². The van der Waals surface area contributed by atoms with Gasteiger partial charge in [0.15, 0.2) is 0 Å². The molecule has 1 aromatic rings. The highest BCUT2D eigenvalue weighted by molar-refractivity contribution is 5.29. The summed E-state index contributed by atoms with van der Waals surface area (Å²) in [5.41, 5.74) is 2.31. The van der Waals surface area contributed by atoms with Crippen molar-refractivity contribution < 1.29 is 0 Å². The predicted molar refractivity (Wildman–Crippen MR) is 52.1 cm³/mol. The molecular weight excluding hydrogens is 148 g/mol. The molecule has 0 spiro atoms. The Balaban J connectivity index is 3.10. The summed E-state index contributed by atoms with van der Waals surface area (Å²) in [6, 6.07) is 0. The van der Waals surface area contributed by atoms with E-state index in [4.69, 9.17) is 0 Å². The van der Waals surface area contributed by atoms with Crippen LogP contribution in [0.15, 0.2) is 6.58 Å². The summed E-state index contributed by atoms with van der Waals surface area (Å²) in [5, 5.41) is 0. The van der Waals surface area contributed by atoms with E-state index in [1.54, 1.807) is 0 Å². The maximum Gasteiger partial charge on any atom is 0.113 e. The lowest BCUT2D eigenvalue weighted by Crippen LogP contribution is -1.96. The summed E-state index contributed by atoms with van der Waals surface area (Å²) < 4.78 is 2.07. The van der Waals surface area contributed by atoms with Gasteiger partial charge in [-0.2, -0.15) is 0 Å². The fourth-order valence-corrected chi connectivity index (χ4v) is 1.34. The van der Waals surface area contributed by atoms with Gasteiger partial charge in [-0.15, -0.1) is 0 Å². The van der Waals surface area contributed by atoms with Gasteiger partial charge in [0.2, 0.25) is 0 Å². The maximum atomic E-state index is 4.46. The van der Waals surface area contributed by atoms with E-state index in [-0.39, 0.29) is 0 Å². The Bertz CT molecular complexity index is 284. The number of nitrogens with zero attached hydrogens (tertiary/aromatic N) is 2. The molecule has 0 aliphatic carbocycles. The van der Waals surface area contributed by atoms with Gasteiger partial charge >= 0.3 is 0 Å². The Morgan fingerprint density at radius 2 is 2.17 bits per heavy atom. The van der Waals surface area contributed by atoms with Crippen LogP contribution < -0.4 is 0 Å². The molecule has 0 N–H and O–H groups in total. The summed E-state index contributed by atoms with van der Waals surface area (Å²) in [5.74, 6) is 1.13. The maximum absolute atomic E-state index is 4.46. The number of rotatable bonds is 3. The minimum atomic E-state index is 1.03. The van der Waals surface area contributed by atoms with Crippen LogP contribution in [0.1, 0.15) is 30.6 Å². The molecule has 0 bridgehead atoms. The normalized spacial score (nSPS) is 10.2. The Kier molecular flexibility index (Phi) is 2.69. The molecule has 66 valence electrons. The van der Waals surface area contributed by atoms with Gasteiger partial charge in [0.25, 0.3) is 0 Å². The summed E-state index contributed by atoms with van der Waals surface area (Å²) >= 11 is 0. The zero-order valence-corrected chi connectivity index (χ0v) is 8.09. The van der Waals surface area contributed by atoms with Crippen molar-refractivity contribution in [1.82, 2.24) is 9.55 Å². The molecule has 0 unspecified atom stereocenters. The zero-order valence-electron chi connectivity index (χ0n) is 8.09. The van der Waals surface area contributed by atoms with E-state index in [9.17, 15) is 0 Å². The molecule has 1 aromatic heterocycles. The average Bonchev–Trinajstić information content (AvgIpc) is 2.29. The fraction of sp³-hybridized carbons (Fsp3) is 0.500. The van der Waals surface area contributed by atoms with Crippen molar-refractivity contribution in [2.75, 3.05) is 0 Å². The molecule has 0 saturated heterocycles. The van der Waals surface area contributed by atoms with Gasteiger partial charge in [-0.1, -0.05) is 13.5 Å². The average molecular weight is 164 g/mol. The third kappa shape index (κ3) is 1.42. The van der Waals surface area contributed by atoms with Crippen molar-refractivity contribution in [3.63, 3.8) is 0 Å².